The molecule has 0 saturated heterocycles. The van der Waals surface area contributed by atoms with Gasteiger partial charge in [0.15, 0.2) is 17.5 Å². The third-order valence-corrected chi connectivity index (χ3v) is 2.34. The van der Waals surface area contributed by atoms with E-state index in [0.717, 1.165) is 6.07 Å². The van der Waals surface area contributed by atoms with E-state index in [0.29, 0.717) is 24.7 Å². The molecule has 0 aliphatic heterocycles. The van der Waals surface area contributed by atoms with Gasteiger partial charge < -0.3 is 15.6 Å². The van der Waals surface area contributed by atoms with E-state index in [-0.39, 0.29) is 11.4 Å². The van der Waals surface area contributed by atoms with Gasteiger partial charge in [-0.25, -0.2) is 8.78 Å². The molecule has 5 nitrogen and oxygen atoms in total. The summed E-state index contributed by atoms with van der Waals surface area (Å²) >= 11 is 0. The van der Waals surface area contributed by atoms with Crippen molar-refractivity contribution in [1.29, 1.82) is 0 Å². The molecule has 1 aromatic heterocycles. The first-order valence-electron chi connectivity index (χ1n) is 5.34. The van der Waals surface area contributed by atoms with Gasteiger partial charge in [0.25, 0.3) is 0 Å². The summed E-state index contributed by atoms with van der Waals surface area (Å²) in [4.78, 5) is 3.99. The van der Waals surface area contributed by atoms with E-state index in [1.54, 1.807) is 6.92 Å². The molecule has 0 unspecified atom stereocenters. The van der Waals surface area contributed by atoms with E-state index in [2.05, 4.69) is 15.5 Å². The van der Waals surface area contributed by atoms with Crippen molar-refractivity contribution in [2.45, 2.75) is 13.3 Å². The van der Waals surface area contributed by atoms with Crippen LogP contribution in [0, 0.1) is 18.6 Å². The number of aryl methyl sites for hydroxylation is 1. The number of rotatable bonds is 4. The van der Waals surface area contributed by atoms with Crippen molar-refractivity contribution in [3.8, 4) is 0 Å². The van der Waals surface area contributed by atoms with Crippen LogP contribution in [0.2, 0.25) is 0 Å². The van der Waals surface area contributed by atoms with E-state index >= 15 is 0 Å². The Kier molecular flexibility index (Phi) is 3.40. The molecule has 0 spiro atoms. The van der Waals surface area contributed by atoms with Gasteiger partial charge in [0.1, 0.15) is 0 Å². The van der Waals surface area contributed by atoms with Crippen molar-refractivity contribution in [1.82, 2.24) is 10.1 Å². The van der Waals surface area contributed by atoms with Crippen molar-refractivity contribution >= 4 is 11.4 Å². The first-order valence-corrected chi connectivity index (χ1v) is 5.34. The van der Waals surface area contributed by atoms with Crippen molar-refractivity contribution in [2.24, 2.45) is 0 Å². The fourth-order valence-electron chi connectivity index (χ4n) is 1.48. The van der Waals surface area contributed by atoms with Gasteiger partial charge in [-0.2, -0.15) is 4.98 Å². The van der Waals surface area contributed by atoms with Gasteiger partial charge >= 0.3 is 0 Å². The summed E-state index contributed by atoms with van der Waals surface area (Å²) in [6.45, 7) is 2.01. The molecule has 7 heteroatoms. The molecule has 1 aromatic carbocycles. The average Bonchev–Trinajstić information content (AvgIpc) is 2.74. The monoisotopic (exact) mass is 254 g/mol. The van der Waals surface area contributed by atoms with Crippen LogP contribution in [0.1, 0.15) is 11.7 Å². The first-order chi connectivity index (χ1) is 8.58. The number of halogens is 2. The molecule has 0 aliphatic carbocycles. The van der Waals surface area contributed by atoms with Gasteiger partial charge in [0.2, 0.25) is 5.89 Å². The molecule has 0 aliphatic rings. The maximum atomic E-state index is 13.4. The highest BCUT2D eigenvalue weighted by atomic mass is 19.2. The molecule has 0 amide bonds. The van der Waals surface area contributed by atoms with Crippen LogP contribution in [0.25, 0.3) is 0 Å². The molecule has 0 fully saturated rings. The smallest absolute Gasteiger partial charge is 0.228 e. The molecular weight excluding hydrogens is 242 g/mol. The van der Waals surface area contributed by atoms with Crippen molar-refractivity contribution < 1.29 is 13.3 Å². The number of nitrogens with zero attached hydrogens (tertiary/aromatic N) is 2. The lowest BCUT2D eigenvalue weighted by molar-refractivity contribution is 0.377. The molecule has 2 aromatic rings. The summed E-state index contributed by atoms with van der Waals surface area (Å²) in [5.74, 6) is -0.978. The van der Waals surface area contributed by atoms with Gasteiger partial charge in [0.05, 0.1) is 11.4 Å². The number of anilines is 2. The van der Waals surface area contributed by atoms with E-state index in [9.17, 15) is 8.78 Å². The third kappa shape index (κ3) is 2.55. The predicted molar refractivity (Wildman–Crippen MR) is 62.0 cm³/mol. The van der Waals surface area contributed by atoms with Gasteiger partial charge in [0, 0.05) is 13.0 Å². The normalized spacial score (nSPS) is 10.6. The Morgan fingerprint density at radius 3 is 2.83 bits per heavy atom. The second-order valence-corrected chi connectivity index (χ2v) is 3.74. The van der Waals surface area contributed by atoms with E-state index < -0.39 is 11.6 Å². The minimum atomic E-state index is -0.989. The number of nitrogen functional groups attached to an aromatic ring is 1. The molecule has 3 N–H and O–H groups in total. The highest BCUT2D eigenvalue weighted by molar-refractivity contribution is 5.66. The highest BCUT2D eigenvalue weighted by Crippen LogP contribution is 2.24. The third-order valence-electron chi connectivity index (χ3n) is 2.34. The Hall–Kier alpha value is -2.18. The second kappa shape index (κ2) is 4.99. The SMILES string of the molecule is Cc1noc(CCNc2c(N)ccc(F)c2F)n1. The summed E-state index contributed by atoms with van der Waals surface area (Å²) in [6.07, 6.45) is 0.399. The van der Waals surface area contributed by atoms with Crippen LogP contribution in [0.5, 0.6) is 0 Å². The lowest BCUT2D eigenvalue weighted by Gasteiger charge is -2.09. The molecular formula is C11H12F2N4O. The van der Waals surface area contributed by atoms with Crippen LogP contribution >= 0.6 is 0 Å². The highest BCUT2D eigenvalue weighted by Gasteiger charge is 2.11. The molecule has 0 bridgehead atoms. The molecule has 96 valence electrons. The Labute approximate surface area is 102 Å². The minimum Gasteiger partial charge on any atom is -0.397 e. The number of hydrogen-bond acceptors (Lipinski definition) is 5. The Bertz CT molecular complexity index is 556. The van der Waals surface area contributed by atoms with Gasteiger partial charge in [-0.1, -0.05) is 5.16 Å². The quantitative estimate of drug-likeness (QED) is 0.815. The fourth-order valence-corrected chi connectivity index (χ4v) is 1.48. The van der Waals surface area contributed by atoms with Crippen molar-refractivity contribution in [2.75, 3.05) is 17.6 Å². The molecule has 2 rings (SSSR count). The molecule has 0 atom stereocenters. The van der Waals surface area contributed by atoms with E-state index in [1.807, 2.05) is 0 Å². The molecule has 0 radical (unpaired) electrons. The van der Waals surface area contributed by atoms with Gasteiger partial charge in [-0.05, 0) is 19.1 Å². The van der Waals surface area contributed by atoms with Crippen LogP contribution in [0.4, 0.5) is 20.2 Å². The zero-order valence-electron chi connectivity index (χ0n) is 9.70. The van der Waals surface area contributed by atoms with Gasteiger partial charge in [-0.3, -0.25) is 0 Å². The number of aromatic nitrogens is 2. The minimum absolute atomic E-state index is 0.0498. The second-order valence-electron chi connectivity index (χ2n) is 3.74. The summed E-state index contributed by atoms with van der Waals surface area (Å²) in [5.41, 5.74) is 5.65. The zero-order chi connectivity index (χ0) is 13.1. The molecule has 0 saturated carbocycles. The molecule has 1 heterocycles. The van der Waals surface area contributed by atoms with Crippen LogP contribution in [0.3, 0.4) is 0 Å². The lowest BCUT2D eigenvalue weighted by Crippen LogP contribution is -2.09. The topological polar surface area (TPSA) is 77.0 Å². The van der Waals surface area contributed by atoms with Crippen LogP contribution in [-0.4, -0.2) is 16.7 Å². The number of nitrogens with one attached hydrogen (secondary N) is 1. The number of hydrogen-bond donors (Lipinski definition) is 2. The Balaban J connectivity index is 2.00. The summed E-state index contributed by atoms with van der Waals surface area (Å²) in [6, 6.07) is 2.29. The van der Waals surface area contributed by atoms with Crippen LogP contribution in [0.15, 0.2) is 16.7 Å². The first kappa shape index (κ1) is 12.3. The van der Waals surface area contributed by atoms with Crippen LogP contribution in [-0.2, 0) is 6.42 Å². The number of benzene rings is 1. The summed E-state index contributed by atoms with van der Waals surface area (Å²) < 4.78 is 31.3. The maximum absolute atomic E-state index is 13.4. The van der Waals surface area contributed by atoms with Crippen LogP contribution < -0.4 is 11.1 Å². The van der Waals surface area contributed by atoms with Gasteiger partial charge in [-0.15, -0.1) is 0 Å². The lowest BCUT2D eigenvalue weighted by atomic mass is 10.2. The Morgan fingerprint density at radius 2 is 2.17 bits per heavy atom. The number of nitrogens with two attached hydrogens (primary N) is 1. The predicted octanol–water partition coefficient (Wildman–Crippen LogP) is 1.89. The largest absolute Gasteiger partial charge is 0.397 e. The van der Waals surface area contributed by atoms with E-state index in [1.165, 1.54) is 6.07 Å². The summed E-state index contributed by atoms with van der Waals surface area (Å²) in [5, 5.41) is 6.33. The average molecular weight is 254 g/mol. The summed E-state index contributed by atoms with van der Waals surface area (Å²) in [7, 11) is 0. The Morgan fingerprint density at radius 1 is 1.39 bits per heavy atom. The zero-order valence-corrected chi connectivity index (χ0v) is 9.70. The standard InChI is InChI=1S/C11H12F2N4O/c1-6-16-9(18-17-6)4-5-15-11-8(14)3-2-7(12)10(11)13/h2-3,15H,4-5,14H2,1H3. The molecule has 18 heavy (non-hydrogen) atoms. The van der Waals surface area contributed by atoms with Crippen molar-refractivity contribution in [3.63, 3.8) is 0 Å². The van der Waals surface area contributed by atoms with E-state index in [4.69, 9.17) is 10.3 Å². The fraction of sp³-hybridized carbons (Fsp3) is 0.273. The maximum Gasteiger partial charge on any atom is 0.228 e. The van der Waals surface area contributed by atoms with Crippen molar-refractivity contribution in [3.05, 3.63) is 35.5 Å².